The summed E-state index contributed by atoms with van der Waals surface area (Å²) in [4.78, 5) is 30.4. The molecular weight excluding hydrogens is 421 g/mol. The third kappa shape index (κ3) is 4.29. The van der Waals surface area contributed by atoms with E-state index in [2.05, 4.69) is 10.3 Å². The number of hydrogen-bond donors (Lipinski definition) is 2. The van der Waals surface area contributed by atoms with E-state index in [1.165, 1.54) is 18.2 Å². The van der Waals surface area contributed by atoms with Gasteiger partial charge in [0.15, 0.2) is 0 Å². The maximum atomic E-state index is 13.5. The van der Waals surface area contributed by atoms with E-state index in [9.17, 15) is 14.0 Å². The Kier molecular flexibility index (Phi) is 5.98. The number of fused-ring (bicyclic) bond motifs is 3. The minimum Gasteiger partial charge on any atom is -0.373 e. The van der Waals surface area contributed by atoms with Crippen molar-refractivity contribution >= 4 is 34.1 Å². The molecule has 162 valence electrons. The maximum Gasteiger partial charge on any atom is 0.322 e. The van der Waals surface area contributed by atoms with E-state index in [0.29, 0.717) is 29.9 Å². The van der Waals surface area contributed by atoms with Crippen LogP contribution in [-0.2, 0) is 11.3 Å². The zero-order chi connectivity index (χ0) is 22.1. The van der Waals surface area contributed by atoms with Crippen LogP contribution < -0.4 is 10.9 Å². The molecule has 0 saturated heterocycles. The van der Waals surface area contributed by atoms with E-state index in [1.807, 2.05) is 32.0 Å². The van der Waals surface area contributed by atoms with Gasteiger partial charge in [-0.3, -0.25) is 4.79 Å². The molecule has 2 N–H and O–H groups in total. The molecule has 1 aliphatic rings. The number of nitrogens with one attached hydrogen (secondary N) is 2. The van der Waals surface area contributed by atoms with Crippen LogP contribution in [0.3, 0.4) is 0 Å². The van der Waals surface area contributed by atoms with E-state index >= 15 is 0 Å². The lowest BCUT2D eigenvalue weighted by molar-refractivity contribution is 0.0425. The minimum atomic E-state index is -0.552. The fourth-order valence-corrected chi connectivity index (χ4v) is 4.14. The first-order valence-electron chi connectivity index (χ1n) is 10.1. The molecule has 1 unspecified atom stereocenters. The normalized spacial score (nSPS) is 15.7. The molecule has 31 heavy (non-hydrogen) atoms. The van der Waals surface area contributed by atoms with Gasteiger partial charge in [-0.15, -0.1) is 0 Å². The number of rotatable bonds is 4. The molecule has 1 aromatic heterocycles. The summed E-state index contributed by atoms with van der Waals surface area (Å²) in [6.45, 7) is 5.07. The van der Waals surface area contributed by atoms with Crippen LogP contribution in [0.15, 0.2) is 47.3 Å². The van der Waals surface area contributed by atoms with Crippen molar-refractivity contribution < 1.29 is 13.9 Å². The molecule has 0 saturated carbocycles. The molecule has 2 heterocycles. The van der Waals surface area contributed by atoms with Crippen LogP contribution in [0.5, 0.6) is 0 Å². The number of aromatic nitrogens is 1. The topological polar surface area (TPSA) is 74.4 Å². The molecule has 0 bridgehead atoms. The zero-order valence-corrected chi connectivity index (χ0v) is 18.0. The number of anilines is 1. The van der Waals surface area contributed by atoms with Crippen molar-refractivity contribution in [2.24, 2.45) is 5.92 Å². The van der Waals surface area contributed by atoms with Gasteiger partial charge in [-0.25, -0.2) is 9.18 Å². The van der Waals surface area contributed by atoms with Gasteiger partial charge in [-0.05, 0) is 35.6 Å². The lowest BCUT2D eigenvalue weighted by Crippen LogP contribution is -2.44. The van der Waals surface area contributed by atoms with Crippen molar-refractivity contribution in [2.45, 2.75) is 26.5 Å². The van der Waals surface area contributed by atoms with Crippen molar-refractivity contribution in [2.75, 3.05) is 18.5 Å². The zero-order valence-electron chi connectivity index (χ0n) is 17.2. The number of H-pyrrole nitrogens is 1. The number of ether oxygens (including phenoxy) is 1. The van der Waals surface area contributed by atoms with Gasteiger partial charge in [0.1, 0.15) is 5.82 Å². The van der Waals surface area contributed by atoms with Gasteiger partial charge in [0, 0.05) is 28.9 Å². The van der Waals surface area contributed by atoms with Crippen LogP contribution in [0.2, 0.25) is 5.02 Å². The highest BCUT2D eigenvalue weighted by atomic mass is 35.5. The van der Waals surface area contributed by atoms with Crippen LogP contribution in [0.25, 0.3) is 10.8 Å². The summed E-state index contributed by atoms with van der Waals surface area (Å²) in [6.07, 6.45) is 0. The van der Waals surface area contributed by atoms with Gasteiger partial charge >= 0.3 is 6.03 Å². The highest BCUT2D eigenvalue weighted by molar-refractivity contribution is 6.31. The molecule has 0 aliphatic carbocycles. The molecule has 2 amide bonds. The number of nitrogens with zero attached hydrogens (tertiary/aromatic N) is 1. The second-order valence-electron chi connectivity index (χ2n) is 8.03. The van der Waals surface area contributed by atoms with Crippen molar-refractivity contribution in [3.8, 4) is 0 Å². The van der Waals surface area contributed by atoms with E-state index in [1.54, 1.807) is 11.0 Å². The fourth-order valence-electron chi connectivity index (χ4n) is 3.96. The second kappa shape index (κ2) is 8.69. The number of amides is 2. The summed E-state index contributed by atoms with van der Waals surface area (Å²) < 4.78 is 19.3. The summed E-state index contributed by atoms with van der Waals surface area (Å²) in [6, 6.07) is 10.7. The van der Waals surface area contributed by atoms with Gasteiger partial charge in [-0.2, -0.15) is 0 Å². The number of halogens is 2. The number of pyridine rings is 1. The number of aromatic amines is 1. The number of hydrogen-bond acceptors (Lipinski definition) is 3. The highest BCUT2D eigenvalue weighted by Gasteiger charge is 2.33. The van der Waals surface area contributed by atoms with Crippen LogP contribution in [0.1, 0.15) is 31.1 Å². The van der Waals surface area contributed by atoms with E-state index in [0.717, 1.165) is 10.9 Å². The van der Waals surface area contributed by atoms with E-state index < -0.39 is 11.9 Å². The lowest BCUT2D eigenvalue weighted by Gasteiger charge is -2.37. The van der Waals surface area contributed by atoms with Gasteiger partial charge in [0.05, 0.1) is 24.3 Å². The second-order valence-corrected chi connectivity index (χ2v) is 8.44. The summed E-state index contributed by atoms with van der Waals surface area (Å²) in [7, 11) is 0. The van der Waals surface area contributed by atoms with Gasteiger partial charge in [0.25, 0.3) is 5.56 Å². The Labute approximate surface area is 184 Å². The van der Waals surface area contributed by atoms with Gasteiger partial charge in [-0.1, -0.05) is 43.6 Å². The first-order valence-corrected chi connectivity index (χ1v) is 10.5. The predicted octanol–water partition coefficient (Wildman–Crippen LogP) is 5.08. The third-order valence-electron chi connectivity index (χ3n) is 5.28. The molecule has 8 heteroatoms. The quantitative estimate of drug-likeness (QED) is 0.590. The Morgan fingerprint density at radius 1 is 1.29 bits per heavy atom. The molecule has 0 fully saturated rings. The van der Waals surface area contributed by atoms with E-state index in [-0.39, 0.29) is 29.1 Å². The number of carbonyl (C=O) groups excluding carboxylic acids is 1. The van der Waals surface area contributed by atoms with Crippen molar-refractivity contribution in [1.82, 2.24) is 9.88 Å². The molecule has 3 aromatic rings. The fraction of sp³-hybridized carbons (Fsp3) is 0.304. The Hall–Kier alpha value is -2.90. The first kappa shape index (κ1) is 21.3. The van der Waals surface area contributed by atoms with Gasteiger partial charge in [0.2, 0.25) is 0 Å². The molecule has 6 nitrogen and oxygen atoms in total. The van der Waals surface area contributed by atoms with Crippen molar-refractivity contribution in [3.63, 3.8) is 0 Å². The lowest BCUT2D eigenvalue weighted by atomic mass is 9.95. The number of carbonyl (C=O) groups is 1. The number of urea groups is 1. The standard InChI is InChI=1S/C23H23ClFN3O3/c1-13(2)10-28(23(30)26-14-7-8-18(25)17(24)9-14)20-12-31-11-19-21(20)15-5-3-4-6-16(15)22(29)27-19/h3-9,13,20H,10-12H2,1-2H3,(H,26,30)(H,27,29). The van der Waals surface area contributed by atoms with Crippen LogP contribution in [-0.4, -0.2) is 29.1 Å². The molecule has 1 aliphatic heterocycles. The molecule has 0 spiro atoms. The van der Waals surface area contributed by atoms with Crippen LogP contribution in [0, 0.1) is 11.7 Å². The average Bonchev–Trinajstić information content (AvgIpc) is 2.74. The Balaban J connectivity index is 1.76. The largest absolute Gasteiger partial charge is 0.373 e. The summed E-state index contributed by atoms with van der Waals surface area (Å²) >= 11 is 5.86. The SMILES string of the molecule is CC(C)CN(C(=O)Nc1ccc(F)c(Cl)c1)C1COCc2[nH]c(=O)c3ccccc3c21. The van der Waals surface area contributed by atoms with E-state index in [4.69, 9.17) is 16.3 Å². The average molecular weight is 444 g/mol. The van der Waals surface area contributed by atoms with Gasteiger partial charge < -0.3 is 19.9 Å². The first-order chi connectivity index (χ1) is 14.8. The molecular formula is C23H23ClFN3O3. The number of benzene rings is 2. The molecule has 1 atom stereocenters. The van der Waals surface area contributed by atoms with Crippen LogP contribution in [0.4, 0.5) is 14.9 Å². The third-order valence-corrected chi connectivity index (χ3v) is 5.57. The van der Waals surface area contributed by atoms with Crippen LogP contribution >= 0.6 is 11.6 Å². The monoisotopic (exact) mass is 443 g/mol. The molecule has 0 radical (unpaired) electrons. The minimum absolute atomic E-state index is 0.0666. The summed E-state index contributed by atoms with van der Waals surface area (Å²) in [5.74, 6) is -0.370. The summed E-state index contributed by atoms with van der Waals surface area (Å²) in [5, 5.41) is 4.12. The van der Waals surface area contributed by atoms with Crippen molar-refractivity contribution in [1.29, 1.82) is 0 Å². The molecule has 4 rings (SSSR count). The Bertz CT molecular complexity index is 1190. The van der Waals surface area contributed by atoms with Crippen molar-refractivity contribution in [3.05, 3.63) is 74.9 Å². The molecule has 2 aromatic carbocycles. The smallest absolute Gasteiger partial charge is 0.322 e. The Morgan fingerprint density at radius 3 is 2.74 bits per heavy atom. The maximum absolute atomic E-state index is 13.5. The highest BCUT2D eigenvalue weighted by Crippen LogP contribution is 2.34. The summed E-state index contributed by atoms with van der Waals surface area (Å²) in [5.41, 5.74) is 1.77. The predicted molar refractivity (Wildman–Crippen MR) is 119 cm³/mol. The Morgan fingerprint density at radius 2 is 2.03 bits per heavy atom.